The molecule has 0 aromatic carbocycles. The van der Waals surface area contributed by atoms with Crippen molar-refractivity contribution in [1.29, 1.82) is 0 Å². The first-order valence-electron chi connectivity index (χ1n) is 8.83. The van der Waals surface area contributed by atoms with Crippen LogP contribution in [0.15, 0.2) is 12.3 Å². The van der Waals surface area contributed by atoms with E-state index in [4.69, 9.17) is 4.74 Å². The minimum Gasteiger partial charge on any atom is -0.481 e. The highest BCUT2D eigenvalue weighted by molar-refractivity contribution is 5.77. The van der Waals surface area contributed by atoms with Crippen molar-refractivity contribution < 1.29 is 14.6 Å². The summed E-state index contributed by atoms with van der Waals surface area (Å²) in [6, 6.07) is 2.15. The van der Waals surface area contributed by atoms with Gasteiger partial charge in [-0.2, -0.15) is 4.98 Å². The number of rotatable bonds is 4. The van der Waals surface area contributed by atoms with Crippen LogP contribution in [0.5, 0.6) is 0 Å². The van der Waals surface area contributed by atoms with Gasteiger partial charge in [0.25, 0.3) is 0 Å². The summed E-state index contributed by atoms with van der Waals surface area (Å²) in [5.41, 5.74) is -0.607. The highest BCUT2D eigenvalue weighted by Gasteiger charge is 2.55. The molecule has 0 radical (unpaired) electrons. The lowest BCUT2D eigenvalue weighted by molar-refractivity contribution is -0.149. The number of anilines is 2. The SMILES string of the molecule is O=C(O)[C@@]12CCC[C@H]1CN(c1nccc(NC3CCCOC3)n1)C2. The van der Waals surface area contributed by atoms with Crippen LogP contribution in [0.4, 0.5) is 11.8 Å². The molecule has 24 heavy (non-hydrogen) atoms. The molecule has 3 fully saturated rings. The molecule has 2 saturated heterocycles. The first kappa shape index (κ1) is 15.6. The molecule has 0 spiro atoms. The van der Waals surface area contributed by atoms with E-state index in [0.717, 1.165) is 51.1 Å². The molecule has 7 heteroatoms. The Hall–Kier alpha value is -1.89. The summed E-state index contributed by atoms with van der Waals surface area (Å²) < 4.78 is 5.49. The summed E-state index contributed by atoms with van der Waals surface area (Å²) in [5, 5.41) is 13.1. The number of carboxylic acid groups (broad SMARTS) is 1. The van der Waals surface area contributed by atoms with Gasteiger partial charge >= 0.3 is 5.97 Å². The van der Waals surface area contributed by atoms with Crippen LogP contribution in [0.25, 0.3) is 0 Å². The number of aromatic nitrogens is 2. The van der Waals surface area contributed by atoms with Crippen LogP contribution in [-0.2, 0) is 9.53 Å². The van der Waals surface area contributed by atoms with Crippen molar-refractivity contribution in [3.63, 3.8) is 0 Å². The third-order valence-corrected chi connectivity index (χ3v) is 5.73. The van der Waals surface area contributed by atoms with E-state index in [0.29, 0.717) is 19.1 Å². The van der Waals surface area contributed by atoms with Gasteiger partial charge in [0.15, 0.2) is 0 Å². The van der Waals surface area contributed by atoms with Crippen LogP contribution in [-0.4, -0.2) is 53.4 Å². The number of nitrogens with one attached hydrogen (secondary N) is 1. The lowest BCUT2D eigenvalue weighted by atomic mass is 9.81. The molecule has 1 aromatic heterocycles. The Balaban J connectivity index is 1.49. The predicted molar refractivity (Wildman–Crippen MR) is 89.1 cm³/mol. The number of ether oxygens (including phenoxy) is 1. The van der Waals surface area contributed by atoms with Gasteiger partial charge in [0, 0.05) is 25.9 Å². The third-order valence-electron chi connectivity index (χ3n) is 5.73. The van der Waals surface area contributed by atoms with E-state index in [1.807, 2.05) is 11.0 Å². The second-order valence-corrected chi connectivity index (χ2v) is 7.23. The van der Waals surface area contributed by atoms with Crippen LogP contribution in [0, 0.1) is 11.3 Å². The molecule has 3 atom stereocenters. The fraction of sp³-hybridized carbons (Fsp3) is 0.706. The number of carbonyl (C=O) groups is 1. The monoisotopic (exact) mass is 332 g/mol. The molecule has 0 bridgehead atoms. The zero-order valence-corrected chi connectivity index (χ0v) is 13.8. The van der Waals surface area contributed by atoms with Crippen molar-refractivity contribution in [1.82, 2.24) is 9.97 Å². The predicted octanol–water partition coefficient (Wildman–Crippen LogP) is 1.76. The molecule has 130 valence electrons. The Labute approximate surface area is 141 Å². The van der Waals surface area contributed by atoms with Gasteiger partial charge in [0.1, 0.15) is 5.82 Å². The minimum absolute atomic E-state index is 0.210. The zero-order chi connectivity index (χ0) is 16.6. The normalized spacial score (nSPS) is 32.6. The molecule has 1 aliphatic carbocycles. The summed E-state index contributed by atoms with van der Waals surface area (Å²) in [6.07, 6.45) is 6.64. The van der Waals surface area contributed by atoms with Gasteiger partial charge in [-0.3, -0.25) is 4.79 Å². The van der Waals surface area contributed by atoms with E-state index >= 15 is 0 Å². The second kappa shape index (κ2) is 6.20. The van der Waals surface area contributed by atoms with Gasteiger partial charge in [-0.15, -0.1) is 0 Å². The van der Waals surface area contributed by atoms with E-state index in [2.05, 4.69) is 15.3 Å². The van der Waals surface area contributed by atoms with E-state index < -0.39 is 11.4 Å². The van der Waals surface area contributed by atoms with Crippen molar-refractivity contribution >= 4 is 17.7 Å². The Kier molecular flexibility index (Phi) is 4.04. The van der Waals surface area contributed by atoms with Gasteiger partial charge in [-0.05, 0) is 37.7 Å². The fourth-order valence-corrected chi connectivity index (χ4v) is 4.44. The maximum Gasteiger partial charge on any atom is 0.311 e. The molecule has 7 nitrogen and oxygen atoms in total. The van der Waals surface area contributed by atoms with Crippen LogP contribution in [0.3, 0.4) is 0 Å². The molecular formula is C17H24N4O3. The van der Waals surface area contributed by atoms with Crippen molar-refractivity contribution in [2.24, 2.45) is 11.3 Å². The lowest BCUT2D eigenvalue weighted by Crippen LogP contribution is -2.36. The second-order valence-electron chi connectivity index (χ2n) is 7.23. The Morgan fingerprint density at radius 3 is 3.08 bits per heavy atom. The van der Waals surface area contributed by atoms with Crippen LogP contribution < -0.4 is 10.2 Å². The summed E-state index contributed by atoms with van der Waals surface area (Å²) >= 11 is 0. The average molecular weight is 332 g/mol. The van der Waals surface area contributed by atoms with Crippen molar-refractivity contribution in [3.05, 3.63) is 12.3 Å². The first-order chi connectivity index (χ1) is 11.7. The Morgan fingerprint density at radius 2 is 2.33 bits per heavy atom. The topological polar surface area (TPSA) is 87.6 Å². The highest BCUT2D eigenvalue weighted by atomic mass is 16.5. The maximum absolute atomic E-state index is 11.8. The van der Waals surface area contributed by atoms with E-state index in [1.54, 1.807) is 6.20 Å². The molecule has 4 rings (SSSR count). The van der Waals surface area contributed by atoms with Crippen LogP contribution in [0.2, 0.25) is 0 Å². The minimum atomic E-state index is -0.666. The molecule has 2 aliphatic heterocycles. The Morgan fingerprint density at radius 1 is 1.42 bits per heavy atom. The molecule has 1 saturated carbocycles. The molecule has 0 amide bonds. The van der Waals surface area contributed by atoms with Gasteiger partial charge in [-0.1, -0.05) is 6.42 Å². The van der Waals surface area contributed by atoms with E-state index in [9.17, 15) is 9.90 Å². The first-order valence-corrected chi connectivity index (χ1v) is 8.83. The van der Waals surface area contributed by atoms with E-state index in [1.165, 1.54) is 0 Å². The van der Waals surface area contributed by atoms with Gasteiger partial charge in [0.2, 0.25) is 5.95 Å². The third kappa shape index (κ3) is 2.70. The van der Waals surface area contributed by atoms with Crippen LogP contribution >= 0.6 is 0 Å². The number of aliphatic carboxylic acids is 1. The quantitative estimate of drug-likeness (QED) is 0.868. The number of hydrogen-bond donors (Lipinski definition) is 2. The highest BCUT2D eigenvalue weighted by Crippen LogP contribution is 2.49. The van der Waals surface area contributed by atoms with Gasteiger partial charge in [-0.25, -0.2) is 4.98 Å². The van der Waals surface area contributed by atoms with Gasteiger partial charge in [0.05, 0.1) is 18.1 Å². The molecular weight excluding hydrogens is 308 g/mol. The summed E-state index contributed by atoms with van der Waals surface area (Å²) in [5.74, 6) is 0.965. The maximum atomic E-state index is 11.8. The molecule has 3 aliphatic rings. The standard InChI is InChI=1S/C17H24N4O3/c22-15(23)17-6-1-3-12(17)9-21(11-17)16-18-7-5-14(20-16)19-13-4-2-8-24-10-13/h5,7,12-13H,1-4,6,8-11H2,(H,22,23)(H,18,19,20)/t12-,13?,17+/m0/s1. The molecule has 2 N–H and O–H groups in total. The van der Waals surface area contributed by atoms with Crippen LogP contribution in [0.1, 0.15) is 32.1 Å². The number of carboxylic acids is 1. The largest absolute Gasteiger partial charge is 0.481 e. The molecule has 1 unspecified atom stereocenters. The van der Waals surface area contributed by atoms with Crippen molar-refractivity contribution in [3.8, 4) is 0 Å². The van der Waals surface area contributed by atoms with E-state index in [-0.39, 0.29) is 12.0 Å². The smallest absolute Gasteiger partial charge is 0.311 e. The number of fused-ring (bicyclic) bond motifs is 1. The average Bonchev–Trinajstić information content (AvgIpc) is 3.14. The summed E-state index contributed by atoms with van der Waals surface area (Å²) in [7, 11) is 0. The number of nitrogens with zero attached hydrogens (tertiary/aromatic N) is 3. The summed E-state index contributed by atoms with van der Waals surface area (Å²) in [4.78, 5) is 22.9. The van der Waals surface area contributed by atoms with Crippen molar-refractivity contribution in [2.75, 3.05) is 36.5 Å². The lowest BCUT2D eigenvalue weighted by Gasteiger charge is -2.25. The number of hydrogen-bond acceptors (Lipinski definition) is 6. The fourth-order valence-electron chi connectivity index (χ4n) is 4.44. The Bertz CT molecular complexity index is 620. The zero-order valence-electron chi connectivity index (χ0n) is 13.8. The van der Waals surface area contributed by atoms with Crippen molar-refractivity contribution in [2.45, 2.75) is 38.1 Å². The van der Waals surface area contributed by atoms with Gasteiger partial charge < -0.3 is 20.1 Å². The summed E-state index contributed by atoms with van der Waals surface area (Å²) in [6.45, 7) is 2.79. The molecule has 1 aromatic rings. The molecule has 3 heterocycles.